The summed E-state index contributed by atoms with van der Waals surface area (Å²) in [6.07, 6.45) is 1.16. The highest BCUT2D eigenvalue weighted by Crippen LogP contribution is 2.29. The number of aromatic hydroxyl groups is 2. The van der Waals surface area contributed by atoms with E-state index in [0.29, 0.717) is 11.1 Å². The molecule has 0 spiro atoms. The number of hydrogen-bond donors (Lipinski definition) is 3. The number of amides is 1. The molecular weight excluding hydrogens is 194 g/mol. The fraction of sp³-hybridized carbons (Fsp3) is 0.182. The number of carbonyl (C=O) groups is 1. The standard InChI is InChI=1S/C11H13NO3/c1-3-10(14)12-6-8-4-5-9(13)7(2)11(8)15/h3-5,13,15H,1,6H2,2H3,(H,12,14). The minimum Gasteiger partial charge on any atom is -0.508 e. The highest BCUT2D eigenvalue weighted by atomic mass is 16.3. The fourth-order valence-electron chi connectivity index (χ4n) is 1.14. The first kappa shape index (κ1) is 11.1. The Bertz CT molecular complexity index is 399. The van der Waals surface area contributed by atoms with Crippen LogP contribution in [0.4, 0.5) is 0 Å². The first-order valence-electron chi connectivity index (χ1n) is 4.47. The predicted octanol–water partition coefficient (Wildman–Crippen LogP) is 1.21. The molecule has 1 aromatic rings. The molecule has 4 nitrogen and oxygen atoms in total. The lowest BCUT2D eigenvalue weighted by Crippen LogP contribution is -2.20. The second kappa shape index (κ2) is 4.50. The predicted molar refractivity (Wildman–Crippen MR) is 56.6 cm³/mol. The van der Waals surface area contributed by atoms with Gasteiger partial charge in [0.2, 0.25) is 5.91 Å². The van der Waals surface area contributed by atoms with E-state index >= 15 is 0 Å². The van der Waals surface area contributed by atoms with Crippen LogP contribution in [0.2, 0.25) is 0 Å². The maximum absolute atomic E-state index is 10.9. The number of phenols is 2. The Morgan fingerprint density at radius 2 is 2.20 bits per heavy atom. The van der Waals surface area contributed by atoms with Gasteiger partial charge in [0.25, 0.3) is 0 Å². The van der Waals surface area contributed by atoms with E-state index in [4.69, 9.17) is 0 Å². The van der Waals surface area contributed by atoms with Crippen molar-refractivity contribution in [1.82, 2.24) is 5.32 Å². The number of carbonyl (C=O) groups excluding carboxylic acids is 1. The molecule has 0 aliphatic carbocycles. The van der Waals surface area contributed by atoms with Gasteiger partial charge in [0.15, 0.2) is 0 Å². The summed E-state index contributed by atoms with van der Waals surface area (Å²) >= 11 is 0. The largest absolute Gasteiger partial charge is 0.508 e. The van der Waals surface area contributed by atoms with E-state index in [2.05, 4.69) is 11.9 Å². The van der Waals surface area contributed by atoms with Crippen molar-refractivity contribution in [3.05, 3.63) is 35.9 Å². The fourth-order valence-corrected chi connectivity index (χ4v) is 1.14. The molecule has 0 fully saturated rings. The SMILES string of the molecule is C=CC(=O)NCc1ccc(O)c(C)c1O. The number of rotatable bonds is 3. The zero-order chi connectivity index (χ0) is 11.4. The molecule has 0 radical (unpaired) electrons. The molecule has 0 saturated heterocycles. The van der Waals surface area contributed by atoms with E-state index in [9.17, 15) is 15.0 Å². The lowest BCUT2D eigenvalue weighted by Gasteiger charge is -2.08. The molecule has 0 saturated carbocycles. The van der Waals surface area contributed by atoms with E-state index in [0.717, 1.165) is 6.08 Å². The average Bonchev–Trinajstić information content (AvgIpc) is 2.24. The average molecular weight is 207 g/mol. The monoisotopic (exact) mass is 207 g/mol. The Kier molecular flexibility index (Phi) is 3.33. The van der Waals surface area contributed by atoms with Crippen LogP contribution < -0.4 is 5.32 Å². The Labute approximate surface area is 87.9 Å². The first-order chi connectivity index (χ1) is 7.06. The minimum atomic E-state index is -0.305. The van der Waals surface area contributed by atoms with Crippen LogP contribution >= 0.6 is 0 Å². The summed E-state index contributed by atoms with van der Waals surface area (Å²) in [5.41, 5.74) is 0.959. The number of benzene rings is 1. The van der Waals surface area contributed by atoms with Gasteiger partial charge in [-0.3, -0.25) is 4.79 Å². The number of hydrogen-bond acceptors (Lipinski definition) is 3. The molecule has 1 rings (SSSR count). The molecule has 0 bridgehead atoms. The zero-order valence-corrected chi connectivity index (χ0v) is 8.45. The summed E-state index contributed by atoms with van der Waals surface area (Å²) in [6, 6.07) is 3.03. The first-order valence-corrected chi connectivity index (χ1v) is 4.47. The van der Waals surface area contributed by atoms with Gasteiger partial charge in [0.05, 0.1) is 0 Å². The third-order valence-corrected chi connectivity index (χ3v) is 2.12. The highest BCUT2D eigenvalue weighted by molar-refractivity contribution is 5.86. The third kappa shape index (κ3) is 2.49. The Hall–Kier alpha value is -1.97. The maximum atomic E-state index is 10.9. The van der Waals surface area contributed by atoms with Gasteiger partial charge in [-0.1, -0.05) is 6.58 Å². The molecule has 4 heteroatoms. The normalized spacial score (nSPS) is 9.67. The van der Waals surface area contributed by atoms with Crippen molar-refractivity contribution < 1.29 is 15.0 Å². The molecule has 0 aliphatic rings. The van der Waals surface area contributed by atoms with E-state index in [1.54, 1.807) is 13.0 Å². The molecule has 0 aliphatic heterocycles. The van der Waals surface area contributed by atoms with Gasteiger partial charge in [-0.25, -0.2) is 0 Å². The molecule has 80 valence electrons. The van der Waals surface area contributed by atoms with Gasteiger partial charge in [0.1, 0.15) is 11.5 Å². The second-order valence-electron chi connectivity index (χ2n) is 3.14. The van der Waals surface area contributed by atoms with E-state index < -0.39 is 0 Å². The molecule has 1 aromatic carbocycles. The molecule has 1 amide bonds. The molecule has 0 aromatic heterocycles. The van der Waals surface area contributed by atoms with Crippen LogP contribution in [0.3, 0.4) is 0 Å². The third-order valence-electron chi connectivity index (χ3n) is 2.12. The second-order valence-corrected chi connectivity index (χ2v) is 3.14. The van der Waals surface area contributed by atoms with Gasteiger partial charge in [-0.05, 0) is 25.1 Å². The molecule has 15 heavy (non-hydrogen) atoms. The summed E-state index contributed by atoms with van der Waals surface area (Å²) in [7, 11) is 0. The van der Waals surface area contributed by atoms with Crippen molar-refractivity contribution >= 4 is 5.91 Å². The topological polar surface area (TPSA) is 69.6 Å². The van der Waals surface area contributed by atoms with Gasteiger partial charge < -0.3 is 15.5 Å². The van der Waals surface area contributed by atoms with Crippen molar-refractivity contribution in [3.63, 3.8) is 0 Å². The summed E-state index contributed by atoms with van der Waals surface area (Å²) in [5, 5.41) is 21.4. The van der Waals surface area contributed by atoms with E-state index in [1.165, 1.54) is 6.07 Å². The maximum Gasteiger partial charge on any atom is 0.243 e. The molecule has 0 heterocycles. The number of nitrogens with one attached hydrogen (secondary N) is 1. The zero-order valence-electron chi connectivity index (χ0n) is 8.45. The lowest BCUT2D eigenvalue weighted by molar-refractivity contribution is -0.116. The van der Waals surface area contributed by atoms with Crippen molar-refractivity contribution in [3.8, 4) is 11.5 Å². The van der Waals surface area contributed by atoms with Crippen molar-refractivity contribution in [2.75, 3.05) is 0 Å². The van der Waals surface area contributed by atoms with Crippen molar-refractivity contribution in [2.45, 2.75) is 13.5 Å². The van der Waals surface area contributed by atoms with Gasteiger partial charge in [-0.15, -0.1) is 0 Å². The summed E-state index contributed by atoms with van der Waals surface area (Å²) in [4.78, 5) is 10.9. The smallest absolute Gasteiger partial charge is 0.243 e. The van der Waals surface area contributed by atoms with Crippen molar-refractivity contribution in [1.29, 1.82) is 0 Å². The van der Waals surface area contributed by atoms with Crippen LogP contribution in [0.5, 0.6) is 11.5 Å². The molecular formula is C11H13NO3. The van der Waals surface area contributed by atoms with Crippen LogP contribution in [0.1, 0.15) is 11.1 Å². The van der Waals surface area contributed by atoms with Crippen LogP contribution in [-0.2, 0) is 11.3 Å². The summed E-state index contributed by atoms with van der Waals surface area (Å²) in [5.74, 6) is -0.272. The Balaban J connectivity index is 2.83. The highest BCUT2D eigenvalue weighted by Gasteiger charge is 2.08. The van der Waals surface area contributed by atoms with Gasteiger partial charge >= 0.3 is 0 Å². The Morgan fingerprint density at radius 1 is 1.53 bits per heavy atom. The van der Waals surface area contributed by atoms with Gasteiger partial charge in [-0.2, -0.15) is 0 Å². The quantitative estimate of drug-likeness (QED) is 0.652. The van der Waals surface area contributed by atoms with Crippen LogP contribution in [0, 0.1) is 6.92 Å². The molecule has 3 N–H and O–H groups in total. The van der Waals surface area contributed by atoms with Crippen LogP contribution in [-0.4, -0.2) is 16.1 Å². The minimum absolute atomic E-state index is 0.000591. The van der Waals surface area contributed by atoms with Crippen LogP contribution in [0.15, 0.2) is 24.8 Å². The summed E-state index contributed by atoms with van der Waals surface area (Å²) < 4.78 is 0. The summed E-state index contributed by atoms with van der Waals surface area (Å²) in [6.45, 7) is 5.12. The Morgan fingerprint density at radius 3 is 2.80 bits per heavy atom. The van der Waals surface area contributed by atoms with Gasteiger partial charge in [0, 0.05) is 17.7 Å². The lowest BCUT2D eigenvalue weighted by atomic mass is 10.1. The molecule has 0 atom stereocenters. The van der Waals surface area contributed by atoms with E-state index in [-0.39, 0.29) is 24.0 Å². The van der Waals surface area contributed by atoms with E-state index in [1.807, 2.05) is 0 Å². The molecule has 0 unspecified atom stereocenters. The van der Waals surface area contributed by atoms with Crippen LogP contribution in [0.25, 0.3) is 0 Å². The number of phenolic OH excluding ortho intramolecular Hbond substituents is 2. The van der Waals surface area contributed by atoms with Crippen molar-refractivity contribution in [2.24, 2.45) is 0 Å².